The van der Waals surface area contributed by atoms with Crippen LogP contribution in [0.15, 0.2) is 151 Å². The van der Waals surface area contributed by atoms with E-state index in [9.17, 15) is 54.1 Å². The molecule has 5 aromatic carbocycles. The van der Waals surface area contributed by atoms with Crippen molar-refractivity contribution in [3.05, 3.63) is 188 Å². The van der Waals surface area contributed by atoms with Gasteiger partial charge in [-0.25, -0.2) is 19.2 Å². The Morgan fingerprint density at radius 2 is 1.22 bits per heavy atom. The summed E-state index contributed by atoms with van der Waals surface area (Å²) in [4.78, 5) is 137. The fraction of sp³-hybridized carbons (Fsp3) is 0.344. The van der Waals surface area contributed by atoms with Crippen LogP contribution >= 0.6 is 0 Å². The number of hydrogen-bond acceptors (Lipinski definition) is 22. The third kappa shape index (κ3) is 11.6. The molecule has 5 aromatic rings. The number of ether oxygens (including phenoxy) is 9. The van der Waals surface area contributed by atoms with Crippen molar-refractivity contribution in [1.82, 2.24) is 5.32 Å². The van der Waals surface area contributed by atoms with Crippen molar-refractivity contribution in [2.75, 3.05) is 6.61 Å². The van der Waals surface area contributed by atoms with E-state index in [1.807, 2.05) is 0 Å². The lowest BCUT2D eigenvalue weighted by molar-refractivity contribution is -0.385. The molecule has 4 aliphatic rings. The smallest absolute Gasteiger partial charge is 0.455 e. The molecule has 1 amide bonds. The molecule has 2 saturated carbocycles. The normalized spacial score (nSPS) is 25.8. The van der Waals surface area contributed by atoms with E-state index in [2.05, 4.69) is 5.32 Å². The van der Waals surface area contributed by atoms with Crippen LogP contribution in [-0.2, 0) is 52.3 Å². The number of esters is 4. The van der Waals surface area contributed by atoms with Crippen molar-refractivity contribution in [2.45, 2.75) is 108 Å². The number of rotatable bonds is 16. The molecule has 3 aliphatic carbocycles. The Morgan fingerprint density at radius 1 is 0.686 bits per heavy atom. The van der Waals surface area contributed by atoms with Crippen LogP contribution in [0, 0.1) is 37.0 Å². The average Bonchev–Trinajstić information content (AvgIpc) is 0.676. The number of Topliss-reactive ketones (excluding diaryl/α,β-unsaturated/α-hetero) is 1. The number of fused-ring (bicyclic) bond motifs is 5. The number of nitrogens with one attached hydrogen (secondary N) is 1. The van der Waals surface area contributed by atoms with Gasteiger partial charge in [0.15, 0.2) is 17.5 Å². The molecular weight excluding hydrogens is 1130 g/mol. The summed E-state index contributed by atoms with van der Waals surface area (Å²) < 4.78 is 54.0. The van der Waals surface area contributed by atoms with Crippen LogP contribution in [0.2, 0.25) is 0 Å². The van der Waals surface area contributed by atoms with E-state index < -0.39 is 148 Å². The second-order valence-corrected chi connectivity index (χ2v) is 21.7. The molecule has 0 unspecified atom stereocenters. The summed E-state index contributed by atoms with van der Waals surface area (Å²) in [7, 11) is 0. The first-order chi connectivity index (χ1) is 40.8. The van der Waals surface area contributed by atoms with Crippen LogP contribution in [0.4, 0.5) is 21.0 Å². The van der Waals surface area contributed by atoms with E-state index >= 15 is 9.59 Å². The highest BCUT2D eigenvalue weighted by Gasteiger charge is 2.79. The molecule has 2 N–H and O–H groups in total. The van der Waals surface area contributed by atoms with Gasteiger partial charge in [0.2, 0.25) is 6.10 Å². The molecule has 11 atom stereocenters. The van der Waals surface area contributed by atoms with Crippen molar-refractivity contribution in [2.24, 2.45) is 16.7 Å². The third-order valence-corrected chi connectivity index (χ3v) is 16.4. The minimum Gasteiger partial charge on any atom is -0.455 e. The van der Waals surface area contributed by atoms with Gasteiger partial charge in [-0.3, -0.25) is 39.4 Å². The van der Waals surface area contributed by atoms with Crippen molar-refractivity contribution >= 4 is 59.3 Å². The van der Waals surface area contributed by atoms with Gasteiger partial charge in [-0.1, -0.05) is 80.6 Å². The molecule has 448 valence electrons. The first-order valence-corrected chi connectivity index (χ1v) is 26.9. The van der Waals surface area contributed by atoms with E-state index in [0.29, 0.717) is 0 Å². The van der Waals surface area contributed by atoms with Crippen LogP contribution in [0.3, 0.4) is 0 Å². The highest BCUT2D eigenvalue weighted by molar-refractivity contribution is 5.97. The molecule has 25 heteroatoms. The van der Waals surface area contributed by atoms with Gasteiger partial charge in [-0.2, -0.15) is 0 Å². The number of non-ortho nitro benzene ring substituents is 2. The first-order valence-electron chi connectivity index (χ1n) is 26.9. The number of aliphatic hydroxyl groups is 1. The standard InChI is InChI=1S/C61H57N3O22/c1-33-43(82-55(70)49(84-57(72)81-42-28-24-40(25-29-42)64(76)77)47(36-16-10-7-11-17-36)62-53(68)37-18-12-8-13-19-37)31-61(73)52(85-54(69)38-20-14-9-15-21-38)50-59(6,51(67)48(79-34(2)65)46(33)58(61,4)5)44(30-45-60(50,32-78-45)86-35(3)66)83-56(71)80-41-26-22-39(23-27-41)63(74)75/h7-29,43-45,47-50,52,73H,30-32H2,1-6H3,(H,62,68)/t43-,44-,45+,47-,48+,49+,50-,52-,59+,60-,61+/m0/s1. The van der Waals surface area contributed by atoms with Gasteiger partial charge < -0.3 is 53.1 Å². The topological polar surface area (TPSA) is 338 Å². The van der Waals surface area contributed by atoms with Crippen molar-refractivity contribution in [3.63, 3.8) is 0 Å². The lowest BCUT2D eigenvalue weighted by atomic mass is 9.44. The maximum Gasteiger partial charge on any atom is 0.514 e. The third-order valence-electron chi connectivity index (χ3n) is 16.4. The molecule has 1 aliphatic heterocycles. The number of benzene rings is 5. The summed E-state index contributed by atoms with van der Waals surface area (Å²) in [5.41, 5.74) is -9.77. The van der Waals surface area contributed by atoms with Crippen molar-refractivity contribution < 1.29 is 95.9 Å². The molecule has 25 nitrogen and oxygen atoms in total. The Labute approximate surface area is 489 Å². The predicted octanol–water partition coefficient (Wildman–Crippen LogP) is 8.00. The second kappa shape index (κ2) is 24.0. The molecular formula is C61H57N3O22. The van der Waals surface area contributed by atoms with Gasteiger partial charge in [0.05, 0.1) is 33.3 Å². The minimum absolute atomic E-state index is 0.0370. The Morgan fingerprint density at radius 3 is 1.73 bits per heavy atom. The number of ketones is 1. The van der Waals surface area contributed by atoms with Crippen molar-refractivity contribution in [3.8, 4) is 11.5 Å². The van der Waals surface area contributed by atoms with Crippen LogP contribution < -0.4 is 14.8 Å². The quantitative estimate of drug-likeness (QED) is 0.0236. The van der Waals surface area contributed by atoms with Gasteiger partial charge in [0, 0.05) is 61.9 Å². The Balaban J connectivity index is 1.21. The first kappa shape index (κ1) is 60.7. The predicted molar refractivity (Wildman–Crippen MR) is 294 cm³/mol. The number of nitro groups is 2. The summed E-state index contributed by atoms with van der Waals surface area (Å²) in [5.74, 6) is -8.67. The second-order valence-electron chi connectivity index (χ2n) is 21.7. The van der Waals surface area contributed by atoms with Crippen LogP contribution in [0.5, 0.6) is 11.5 Å². The minimum atomic E-state index is -2.69. The molecule has 9 rings (SSSR count). The van der Waals surface area contributed by atoms with Gasteiger partial charge in [0.1, 0.15) is 47.6 Å². The maximum absolute atomic E-state index is 16.4. The van der Waals surface area contributed by atoms with Gasteiger partial charge >= 0.3 is 36.2 Å². The Kier molecular flexibility index (Phi) is 16.9. The SMILES string of the molecule is CC(=O)O[C@H]1C(=O)[C@]2(C)[C@@H](OC(=O)Oc3ccc([N+](=O)[O-])cc3)C[C@H]3OC[C@@]3(OC(C)=O)[C@H]2[C@H](OC(=O)c2ccccc2)[C@]2(O)C[C@H](OC(=O)[C@H](OC(=O)Oc3ccc([N+](=O)[O-])cc3)[C@@H](NC(=O)c3ccccc3)c3ccccc3)C(C)=C1C2(C)C. The zero-order valence-electron chi connectivity index (χ0n) is 46.9. The molecule has 3 fully saturated rings. The average molecular weight is 1180 g/mol. The highest BCUT2D eigenvalue weighted by Crippen LogP contribution is 2.65. The summed E-state index contributed by atoms with van der Waals surface area (Å²) >= 11 is 0. The summed E-state index contributed by atoms with van der Waals surface area (Å²) in [5, 5.41) is 39.9. The lowest BCUT2D eigenvalue weighted by Gasteiger charge is -2.67. The maximum atomic E-state index is 16.4. The van der Waals surface area contributed by atoms with Crippen molar-refractivity contribution in [1.29, 1.82) is 0 Å². The van der Waals surface area contributed by atoms with Crippen LogP contribution in [-0.4, -0.2) is 117 Å². The molecule has 1 heterocycles. The number of hydrogen-bond donors (Lipinski definition) is 2. The summed E-state index contributed by atoms with van der Waals surface area (Å²) in [6, 6.07) is 30.0. The Bertz CT molecular complexity index is 3520. The zero-order valence-corrected chi connectivity index (χ0v) is 46.9. The lowest BCUT2D eigenvalue weighted by Crippen LogP contribution is -2.82. The number of nitrogens with zero attached hydrogens (tertiary/aromatic N) is 2. The largest absolute Gasteiger partial charge is 0.514 e. The number of carbonyl (C=O) groups excluding carboxylic acids is 8. The molecule has 0 aromatic heterocycles. The van der Waals surface area contributed by atoms with E-state index in [0.717, 1.165) is 62.4 Å². The van der Waals surface area contributed by atoms with E-state index in [1.165, 1.54) is 76.2 Å². The Hall–Kier alpha value is -9.88. The van der Waals surface area contributed by atoms with E-state index in [4.69, 9.17) is 42.6 Å². The number of nitro benzene ring substituents is 2. The fourth-order valence-electron chi connectivity index (χ4n) is 12.2. The molecule has 0 radical (unpaired) electrons. The monoisotopic (exact) mass is 1180 g/mol. The van der Waals surface area contributed by atoms with Crippen LogP contribution in [0.1, 0.15) is 86.7 Å². The summed E-state index contributed by atoms with van der Waals surface area (Å²) in [6.07, 6.45) is -15.5. The van der Waals surface area contributed by atoms with Gasteiger partial charge in [-0.15, -0.1) is 0 Å². The fourth-order valence-corrected chi connectivity index (χ4v) is 12.2. The summed E-state index contributed by atoms with van der Waals surface area (Å²) in [6.45, 7) is 7.15. The molecule has 86 heavy (non-hydrogen) atoms. The highest BCUT2D eigenvalue weighted by atomic mass is 16.7. The molecule has 1 saturated heterocycles. The van der Waals surface area contributed by atoms with E-state index in [-0.39, 0.29) is 50.7 Å². The van der Waals surface area contributed by atoms with Crippen LogP contribution in [0.25, 0.3) is 0 Å². The number of amides is 1. The van der Waals surface area contributed by atoms with E-state index in [1.54, 1.807) is 42.5 Å². The zero-order chi connectivity index (χ0) is 62.0. The van der Waals surface area contributed by atoms with Gasteiger partial charge in [-0.05, 0) is 79.1 Å². The number of carbonyl (C=O) groups is 8. The molecule has 2 bridgehead atoms. The molecule has 0 spiro atoms. The van der Waals surface area contributed by atoms with Gasteiger partial charge in [0.25, 0.3) is 17.3 Å².